The first kappa shape index (κ1) is 18.6. The molecule has 150 valence electrons. The normalized spacial score (nSPS) is 21.8. The Balaban J connectivity index is 1.51. The highest BCUT2D eigenvalue weighted by Gasteiger charge is 2.35. The number of hydrogen-bond donors (Lipinski definition) is 0. The minimum absolute atomic E-state index is 0.0221. The van der Waals surface area contributed by atoms with Gasteiger partial charge in [0.15, 0.2) is 11.5 Å². The van der Waals surface area contributed by atoms with Crippen molar-refractivity contribution in [2.24, 2.45) is 7.05 Å². The van der Waals surface area contributed by atoms with Crippen molar-refractivity contribution in [2.45, 2.75) is 44.8 Å². The second-order valence-electron chi connectivity index (χ2n) is 7.72. The molecule has 1 amide bonds. The number of aromatic nitrogens is 3. The Labute approximate surface area is 163 Å². The van der Waals surface area contributed by atoms with E-state index in [9.17, 15) is 9.59 Å². The lowest BCUT2D eigenvalue weighted by atomic mass is 9.96. The molecule has 0 N–H and O–H groups in total. The molecule has 1 aromatic heterocycles. The molecule has 2 unspecified atom stereocenters. The summed E-state index contributed by atoms with van der Waals surface area (Å²) in [6.45, 7) is 5.36. The third-order valence-electron chi connectivity index (χ3n) is 5.38. The molecule has 0 saturated carbocycles. The van der Waals surface area contributed by atoms with Crippen LogP contribution in [-0.2, 0) is 11.8 Å². The zero-order valence-electron chi connectivity index (χ0n) is 16.5. The second kappa shape index (κ2) is 7.33. The molecule has 28 heavy (non-hydrogen) atoms. The van der Waals surface area contributed by atoms with Gasteiger partial charge >= 0.3 is 5.69 Å². The van der Waals surface area contributed by atoms with Gasteiger partial charge in [-0.25, -0.2) is 9.48 Å². The standard InChI is InChI=1S/C20H26N4O4/c1-13(2)24-18(21-22(3)20(24)26)14-7-6-10-23(11-14)19(25)17-12-27-15-8-4-5-9-16(15)28-17/h4-5,8-9,13-14,17H,6-7,10-12H2,1-3H3. The van der Waals surface area contributed by atoms with Crippen LogP contribution in [0.5, 0.6) is 11.5 Å². The summed E-state index contributed by atoms with van der Waals surface area (Å²) in [5, 5.41) is 4.46. The number of nitrogens with zero attached hydrogens (tertiary/aromatic N) is 4. The lowest BCUT2D eigenvalue weighted by Crippen LogP contribution is -2.49. The molecular weight excluding hydrogens is 360 g/mol. The SMILES string of the molecule is CC(C)n1c(C2CCCN(C(=O)C3COc4ccccc4O3)C2)nn(C)c1=O. The first-order chi connectivity index (χ1) is 13.5. The molecule has 2 aliphatic heterocycles. The average molecular weight is 386 g/mol. The zero-order chi connectivity index (χ0) is 19.8. The predicted molar refractivity (Wildman–Crippen MR) is 103 cm³/mol. The molecule has 1 fully saturated rings. The maximum Gasteiger partial charge on any atom is 0.345 e. The van der Waals surface area contributed by atoms with E-state index in [2.05, 4.69) is 5.10 Å². The van der Waals surface area contributed by atoms with Gasteiger partial charge in [-0.2, -0.15) is 5.10 Å². The summed E-state index contributed by atoms with van der Waals surface area (Å²) in [6.07, 6.45) is 1.12. The van der Waals surface area contributed by atoms with E-state index in [4.69, 9.17) is 9.47 Å². The van der Waals surface area contributed by atoms with E-state index in [1.807, 2.05) is 43.0 Å². The molecule has 2 atom stereocenters. The number of likely N-dealkylation sites (tertiary alicyclic amines) is 1. The number of piperidine rings is 1. The molecule has 1 aromatic carbocycles. The Kier molecular flexibility index (Phi) is 4.87. The van der Waals surface area contributed by atoms with Crippen LogP contribution in [0, 0.1) is 0 Å². The molecule has 8 heteroatoms. The number of aryl methyl sites for hydroxylation is 1. The van der Waals surface area contributed by atoms with E-state index in [1.54, 1.807) is 11.6 Å². The van der Waals surface area contributed by atoms with Gasteiger partial charge in [0.2, 0.25) is 6.10 Å². The van der Waals surface area contributed by atoms with Crippen LogP contribution in [0.1, 0.15) is 44.5 Å². The Morgan fingerprint density at radius 2 is 2.00 bits per heavy atom. The van der Waals surface area contributed by atoms with E-state index in [-0.39, 0.29) is 30.2 Å². The molecule has 0 bridgehead atoms. The van der Waals surface area contributed by atoms with Gasteiger partial charge in [0.05, 0.1) is 0 Å². The van der Waals surface area contributed by atoms with E-state index in [0.29, 0.717) is 24.6 Å². The van der Waals surface area contributed by atoms with Crippen molar-refractivity contribution in [3.05, 3.63) is 40.6 Å². The van der Waals surface area contributed by atoms with Gasteiger partial charge in [0.1, 0.15) is 12.4 Å². The highest BCUT2D eigenvalue weighted by atomic mass is 16.6. The van der Waals surface area contributed by atoms with Crippen molar-refractivity contribution in [3.8, 4) is 11.5 Å². The van der Waals surface area contributed by atoms with Crippen molar-refractivity contribution in [1.29, 1.82) is 0 Å². The number of hydrogen-bond acceptors (Lipinski definition) is 5. The summed E-state index contributed by atoms with van der Waals surface area (Å²) in [5.74, 6) is 1.97. The van der Waals surface area contributed by atoms with E-state index >= 15 is 0 Å². The number of amides is 1. The van der Waals surface area contributed by atoms with Gasteiger partial charge in [-0.05, 0) is 38.8 Å². The zero-order valence-corrected chi connectivity index (χ0v) is 16.5. The number of fused-ring (bicyclic) bond motifs is 1. The van der Waals surface area contributed by atoms with Crippen molar-refractivity contribution in [3.63, 3.8) is 0 Å². The molecule has 0 spiro atoms. The number of carbonyl (C=O) groups excluding carboxylic acids is 1. The minimum Gasteiger partial charge on any atom is -0.485 e. The maximum absolute atomic E-state index is 13.1. The largest absolute Gasteiger partial charge is 0.485 e. The number of para-hydroxylation sites is 2. The van der Waals surface area contributed by atoms with Gasteiger partial charge < -0.3 is 14.4 Å². The smallest absolute Gasteiger partial charge is 0.345 e. The highest BCUT2D eigenvalue weighted by Crippen LogP contribution is 2.32. The fourth-order valence-electron chi connectivity index (χ4n) is 4.00. The van der Waals surface area contributed by atoms with Crippen LogP contribution >= 0.6 is 0 Å². The van der Waals surface area contributed by atoms with Crippen LogP contribution in [0.3, 0.4) is 0 Å². The molecule has 2 aromatic rings. The first-order valence-electron chi connectivity index (χ1n) is 9.78. The molecule has 0 radical (unpaired) electrons. The third kappa shape index (κ3) is 3.27. The molecule has 3 heterocycles. The van der Waals surface area contributed by atoms with Crippen LogP contribution in [-0.4, -0.2) is 51.0 Å². The molecule has 0 aliphatic carbocycles. The number of ether oxygens (including phenoxy) is 2. The van der Waals surface area contributed by atoms with Gasteiger partial charge in [-0.15, -0.1) is 0 Å². The van der Waals surface area contributed by atoms with Crippen molar-refractivity contribution in [2.75, 3.05) is 19.7 Å². The first-order valence-corrected chi connectivity index (χ1v) is 9.78. The summed E-state index contributed by atoms with van der Waals surface area (Å²) >= 11 is 0. The Morgan fingerprint density at radius 3 is 2.75 bits per heavy atom. The second-order valence-corrected chi connectivity index (χ2v) is 7.72. The summed E-state index contributed by atoms with van der Waals surface area (Å²) in [7, 11) is 1.67. The topological polar surface area (TPSA) is 78.6 Å². The summed E-state index contributed by atoms with van der Waals surface area (Å²) in [6, 6.07) is 7.40. The van der Waals surface area contributed by atoms with E-state index in [0.717, 1.165) is 18.7 Å². The quantitative estimate of drug-likeness (QED) is 0.802. The maximum atomic E-state index is 13.1. The van der Waals surface area contributed by atoms with E-state index < -0.39 is 6.10 Å². The number of carbonyl (C=O) groups is 1. The lowest BCUT2D eigenvalue weighted by molar-refractivity contribution is -0.142. The molecular formula is C20H26N4O4. The molecule has 4 rings (SSSR count). The van der Waals surface area contributed by atoms with E-state index in [1.165, 1.54) is 4.68 Å². The molecule has 1 saturated heterocycles. The Bertz CT molecular complexity index is 933. The van der Waals surface area contributed by atoms with Crippen LogP contribution in [0.2, 0.25) is 0 Å². The molecule has 8 nitrogen and oxygen atoms in total. The summed E-state index contributed by atoms with van der Waals surface area (Å²) in [4.78, 5) is 27.3. The minimum atomic E-state index is -0.648. The third-order valence-corrected chi connectivity index (χ3v) is 5.38. The fraction of sp³-hybridized carbons (Fsp3) is 0.550. The van der Waals surface area contributed by atoms with Gasteiger partial charge in [0.25, 0.3) is 5.91 Å². The van der Waals surface area contributed by atoms with Crippen LogP contribution in [0.25, 0.3) is 0 Å². The lowest BCUT2D eigenvalue weighted by Gasteiger charge is -2.35. The Morgan fingerprint density at radius 1 is 1.25 bits per heavy atom. The van der Waals surface area contributed by atoms with Crippen LogP contribution in [0.4, 0.5) is 0 Å². The Hall–Kier alpha value is -2.77. The highest BCUT2D eigenvalue weighted by molar-refractivity contribution is 5.82. The van der Waals surface area contributed by atoms with Crippen molar-refractivity contribution < 1.29 is 14.3 Å². The predicted octanol–water partition coefficient (Wildman–Crippen LogP) is 1.71. The molecule has 2 aliphatic rings. The summed E-state index contributed by atoms with van der Waals surface area (Å²) in [5.41, 5.74) is -0.117. The number of rotatable bonds is 3. The average Bonchev–Trinajstić information content (AvgIpc) is 3.02. The monoisotopic (exact) mass is 386 g/mol. The van der Waals surface area contributed by atoms with Gasteiger partial charge in [-0.3, -0.25) is 9.36 Å². The van der Waals surface area contributed by atoms with Gasteiger partial charge in [-0.1, -0.05) is 12.1 Å². The van der Waals surface area contributed by atoms with Crippen LogP contribution in [0.15, 0.2) is 29.1 Å². The fourth-order valence-corrected chi connectivity index (χ4v) is 4.00. The van der Waals surface area contributed by atoms with Crippen molar-refractivity contribution >= 4 is 5.91 Å². The van der Waals surface area contributed by atoms with Crippen LogP contribution < -0.4 is 15.2 Å². The van der Waals surface area contributed by atoms with Gasteiger partial charge in [0, 0.05) is 32.1 Å². The summed E-state index contributed by atoms with van der Waals surface area (Å²) < 4.78 is 14.7. The van der Waals surface area contributed by atoms with Crippen molar-refractivity contribution in [1.82, 2.24) is 19.2 Å². The number of benzene rings is 1.